The van der Waals surface area contributed by atoms with Crippen LogP contribution in [0.4, 0.5) is 10.2 Å². The molecule has 216 valence electrons. The topological polar surface area (TPSA) is 164 Å². The van der Waals surface area contributed by atoms with Gasteiger partial charge in [0.15, 0.2) is 6.23 Å². The van der Waals surface area contributed by atoms with E-state index < -0.39 is 61.7 Å². The normalized spacial score (nSPS) is 25.3. The fourth-order valence-electron chi connectivity index (χ4n) is 3.74. The van der Waals surface area contributed by atoms with Gasteiger partial charge < -0.3 is 24.8 Å². The lowest BCUT2D eigenvalue weighted by Crippen LogP contribution is -2.41. The van der Waals surface area contributed by atoms with Gasteiger partial charge in [0.2, 0.25) is 0 Å². The number of hydrogen-bond donors (Lipinski definition) is 3. The van der Waals surface area contributed by atoms with Gasteiger partial charge in [-0.15, -0.1) is 0 Å². The van der Waals surface area contributed by atoms with Crippen molar-refractivity contribution in [3.8, 4) is 5.75 Å². The Bertz CT molecular complexity index is 1250. The number of aliphatic hydroxyl groups is 1. The molecule has 2 aromatic rings. The van der Waals surface area contributed by atoms with E-state index in [4.69, 9.17) is 35.9 Å². The summed E-state index contributed by atoms with van der Waals surface area (Å²) in [5.41, 5.74) is 5.54. The maximum Gasteiger partial charge on any atom is 0.459 e. The summed E-state index contributed by atoms with van der Waals surface area (Å²) in [6.07, 6.45) is -2.87. The van der Waals surface area contributed by atoms with Gasteiger partial charge in [-0.05, 0) is 51.0 Å². The van der Waals surface area contributed by atoms with Crippen molar-refractivity contribution in [2.45, 2.75) is 76.2 Å². The van der Waals surface area contributed by atoms with Crippen LogP contribution in [0.1, 0.15) is 45.9 Å². The third kappa shape index (κ3) is 7.77. The Balaban J connectivity index is 1.81. The molecule has 2 heterocycles. The number of nitrogens with two attached hydrogens (primary N) is 1. The first-order valence-corrected chi connectivity index (χ1v) is 14.2. The molecule has 12 nitrogen and oxygen atoms in total. The molecule has 39 heavy (non-hydrogen) atoms. The molecule has 0 amide bonds. The van der Waals surface area contributed by atoms with E-state index in [0.29, 0.717) is 0 Å². The Kier molecular flexibility index (Phi) is 10.1. The maximum absolute atomic E-state index is 15.3. The molecular weight excluding hydrogens is 558 g/mol. The molecule has 0 saturated carbocycles. The molecule has 3 rings (SSSR count). The summed E-state index contributed by atoms with van der Waals surface area (Å²) in [6, 6.07) is 6.84. The van der Waals surface area contributed by atoms with Crippen LogP contribution >= 0.6 is 19.3 Å². The van der Waals surface area contributed by atoms with Crippen molar-refractivity contribution >= 4 is 31.1 Å². The number of rotatable bonds is 12. The summed E-state index contributed by atoms with van der Waals surface area (Å²) in [7, 11) is -4.36. The molecule has 1 fully saturated rings. The highest BCUT2D eigenvalue weighted by Crippen LogP contribution is 2.48. The molecular formula is C24H33ClFN4O8P. The lowest BCUT2D eigenvalue weighted by Gasteiger charge is -2.25. The number of carbonyl (C=O) groups is 1. The number of alkyl halides is 2. The quantitative estimate of drug-likeness (QED) is 0.189. The van der Waals surface area contributed by atoms with Gasteiger partial charge in [0, 0.05) is 6.20 Å². The highest BCUT2D eigenvalue weighted by Gasteiger charge is 2.58. The van der Waals surface area contributed by atoms with Crippen molar-refractivity contribution in [1.29, 1.82) is 0 Å². The Morgan fingerprint density at radius 1 is 1.33 bits per heavy atom. The van der Waals surface area contributed by atoms with Crippen molar-refractivity contribution in [1.82, 2.24) is 14.6 Å². The predicted molar refractivity (Wildman–Crippen MR) is 141 cm³/mol. The minimum absolute atomic E-state index is 0.106. The number of nitrogen functional groups attached to an aromatic ring is 1. The fourth-order valence-corrected chi connectivity index (χ4v) is 5.54. The number of aliphatic hydroxyl groups excluding tert-OH is 1. The van der Waals surface area contributed by atoms with Gasteiger partial charge in [-0.1, -0.05) is 37.1 Å². The van der Waals surface area contributed by atoms with Crippen LogP contribution in [0.5, 0.6) is 5.75 Å². The monoisotopic (exact) mass is 590 g/mol. The van der Waals surface area contributed by atoms with Gasteiger partial charge in [-0.2, -0.15) is 10.1 Å². The zero-order valence-corrected chi connectivity index (χ0v) is 23.6. The average Bonchev–Trinajstić information content (AvgIpc) is 3.07. The predicted octanol–water partition coefficient (Wildman–Crippen LogP) is 3.07. The number of aromatic nitrogens is 2. The van der Waals surface area contributed by atoms with E-state index in [1.807, 2.05) is 6.92 Å². The molecule has 6 unspecified atom stereocenters. The van der Waals surface area contributed by atoms with E-state index in [0.717, 1.165) is 29.2 Å². The third-order valence-electron chi connectivity index (χ3n) is 5.64. The molecule has 1 saturated heterocycles. The number of nitrogens with zero attached hydrogens (tertiary/aromatic N) is 2. The second-order valence-corrected chi connectivity index (χ2v) is 11.6. The number of halogens is 2. The molecule has 1 aliphatic rings. The summed E-state index contributed by atoms with van der Waals surface area (Å²) in [5, 5.41) is 10.1. The molecule has 1 aliphatic heterocycles. The fraction of sp³-hybridized carbons (Fsp3) is 0.542. The van der Waals surface area contributed by atoms with Crippen LogP contribution in [0, 0.1) is 0 Å². The maximum atomic E-state index is 15.3. The number of aryl methyl sites for hydroxylation is 1. The highest BCUT2D eigenvalue weighted by molar-refractivity contribution is 7.52. The second kappa shape index (κ2) is 12.8. The second-order valence-electron chi connectivity index (χ2n) is 9.30. The van der Waals surface area contributed by atoms with E-state index in [1.165, 1.54) is 13.0 Å². The Morgan fingerprint density at radius 2 is 2.00 bits per heavy atom. The van der Waals surface area contributed by atoms with Crippen LogP contribution in [-0.2, 0) is 29.8 Å². The van der Waals surface area contributed by atoms with Crippen LogP contribution in [0.25, 0.3) is 0 Å². The van der Waals surface area contributed by atoms with E-state index in [1.54, 1.807) is 38.1 Å². The van der Waals surface area contributed by atoms with Crippen molar-refractivity contribution in [2.24, 2.45) is 0 Å². The van der Waals surface area contributed by atoms with Crippen LogP contribution < -0.4 is 21.0 Å². The molecule has 15 heteroatoms. The van der Waals surface area contributed by atoms with Gasteiger partial charge in [0.25, 0.3) is 5.13 Å². The van der Waals surface area contributed by atoms with Gasteiger partial charge in [0.05, 0.1) is 12.7 Å². The average molecular weight is 591 g/mol. The molecule has 0 aliphatic carbocycles. The standard InChI is InChI=1S/C24H33ClFN4O8P/c1-5-6-16-7-9-17(10-8-16)38-39(34,29-15(4)21(32)36-14(2)3)35-13-18-20(31)24(25,26)22(37-18)30-12-11-19(27)28-23(30)33/h7-12,14-15,18,20,22,31H,5-6,13H2,1-4H3,(H,29,34)(H2,27,28,33). The zero-order valence-electron chi connectivity index (χ0n) is 22.0. The number of esters is 1. The molecule has 1 aromatic heterocycles. The molecule has 4 N–H and O–H groups in total. The number of nitrogens with one attached hydrogen (secondary N) is 1. The van der Waals surface area contributed by atoms with Crippen LogP contribution in [-0.4, -0.2) is 56.7 Å². The number of ether oxygens (including phenoxy) is 2. The van der Waals surface area contributed by atoms with Crippen molar-refractivity contribution in [2.75, 3.05) is 12.3 Å². The minimum atomic E-state index is -4.36. The van der Waals surface area contributed by atoms with Crippen molar-refractivity contribution in [3.63, 3.8) is 0 Å². The van der Waals surface area contributed by atoms with Crippen LogP contribution in [0.2, 0.25) is 0 Å². The number of anilines is 1. The number of benzene rings is 1. The lowest BCUT2D eigenvalue weighted by atomic mass is 10.1. The van der Waals surface area contributed by atoms with Gasteiger partial charge in [-0.25, -0.2) is 13.8 Å². The Morgan fingerprint density at radius 3 is 2.59 bits per heavy atom. The summed E-state index contributed by atoms with van der Waals surface area (Å²) in [6.45, 7) is 6.04. The first-order valence-electron chi connectivity index (χ1n) is 12.3. The Labute approximate surface area is 230 Å². The molecule has 1 aromatic carbocycles. The summed E-state index contributed by atoms with van der Waals surface area (Å²) in [4.78, 5) is 28.1. The molecule has 6 atom stereocenters. The van der Waals surface area contributed by atoms with Gasteiger partial charge in [-0.3, -0.25) is 13.9 Å². The van der Waals surface area contributed by atoms with E-state index in [2.05, 4.69) is 10.1 Å². The van der Waals surface area contributed by atoms with Crippen LogP contribution in [0.15, 0.2) is 41.3 Å². The van der Waals surface area contributed by atoms with E-state index in [-0.39, 0.29) is 11.6 Å². The summed E-state index contributed by atoms with van der Waals surface area (Å²) < 4.78 is 51.6. The van der Waals surface area contributed by atoms with Crippen molar-refractivity contribution in [3.05, 3.63) is 52.6 Å². The number of hydrogen-bond acceptors (Lipinski definition) is 10. The SMILES string of the molecule is CCCc1ccc(OP(=O)(NC(C)C(=O)OC(C)C)OCC2OC(n3ccc(N)nc3=O)C(F)(Cl)C2O)cc1. The minimum Gasteiger partial charge on any atom is -0.462 e. The number of carbonyl (C=O) groups excluding carboxylic acids is 1. The zero-order chi connectivity index (χ0) is 29.0. The van der Waals surface area contributed by atoms with E-state index >= 15 is 4.39 Å². The largest absolute Gasteiger partial charge is 0.462 e. The first kappa shape index (κ1) is 31.0. The van der Waals surface area contributed by atoms with Gasteiger partial charge >= 0.3 is 19.4 Å². The summed E-state index contributed by atoms with van der Waals surface area (Å²) >= 11 is 5.93. The Hall–Kier alpha value is -2.54. The molecule has 0 spiro atoms. The lowest BCUT2D eigenvalue weighted by molar-refractivity contribution is -0.149. The smallest absolute Gasteiger partial charge is 0.459 e. The molecule has 0 bridgehead atoms. The van der Waals surface area contributed by atoms with E-state index in [9.17, 15) is 19.3 Å². The molecule has 0 radical (unpaired) electrons. The first-order chi connectivity index (χ1) is 18.3. The van der Waals surface area contributed by atoms with Crippen LogP contribution in [0.3, 0.4) is 0 Å². The highest BCUT2D eigenvalue weighted by atomic mass is 35.5. The third-order valence-corrected chi connectivity index (χ3v) is 7.69. The summed E-state index contributed by atoms with van der Waals surface area (Å²) in [5.74, 6) is -0.657. The van der Waals surface area contributed by atoms with Gasteiger partial charge in [0.1, 0.15) is 29.8 Å². The van der Waals surface area contributed by atoms with Crippen molar-refractivity contribution < 1.29 is 37.4 Å².